The van der Waals surface area contributed by atoms with Gasteiger partial charge in [0.1, 0.15) is 29.3 Å². The zero-order chi connectivity index (χ0) is 43.5. The Bertz CT molecular complexity index is 2350. The second kappa shape index (κ2) is 28.0. The van der Waals surface area contributed by atoms with Crippen LogP contribution in [0.4, 0.5) is 0 Å². The third-order valence-electron chi connectivity index (χ3n) is 10.3. The molecule has 9 rings (SSSR count). The summed E-state index contributed by atoms with van der Waals surface area (Å²) in [5, 5.41) is 22.5. The van der Waals surface area contributed by atoms with Crippen LogP contribution in [0.2, 0.25) is 0 Å². The van der Waals surface area contributed by atoms with Gasteiger partial charge >= 0.3 is 19.8 Å². The molecule has 7 heteroatoms. The Hall–Kier alpha value is -5.25. The number of terminal acetylenes is 1. The molecule has 0 radical (unpaired) electrons. The van der Waals surface area contributed by atoms with E-state index in [1.54, 1.807) is 0 Å². The van der Waals surface area contributed by atoms with Crippen molar-refractivity contribution in [3.8, 4) is 12.3 Å². The molecule has 0 amide bonds. The minimum absolute atomic E-state index is 0. The second-order valence-electron chi connectivity index (χ2n) is 14.4. The molecular weight excluding hydrogens is 1080 g/mol. The van der Waals surface area contributed by atoms with Crippen LogP contribution in [0.3, 0.4) is 0 Å². The molecule has 1 nitrogen and oxygen atoms in total. The molecule has 0 aromatic heterocycles. The van der Waals surface area contributed by atoms with Crippen LogP contribution in [-0.4, -0.2) is 11.2 Å². The van der Waals surface area contributed by atoms with E-state index in [4.69, 9.17) is 13.0 Å². The van der Waals surface area contributed by atoms with E-state index in [1.807, 2.05) is 54.6 Å². The van der Waals surface area contributed by atoms with Gasteiger partial charge in [0.2, 0.25) is 0 Å². The maximum atomic E-state index is 10.5. The fraction of sp³-hybridized carbons (Fsp3) is 0.0169. The average Bonchev–Trinajstić information content (AvgIpc) is 3.37. The largest absolute Gasteiger partial charge is 2.00 e. The van der Waals surface area contributed by atoms with Crippen molar-refractivity contribution < 1.29 is 49.7 Å². The quantitative estimate of drug-likeness (QED) is 0.117. The first-order chi connectivity index (χ1) is 31.1. The molecule has 1 atom stereocenters. The second-order valence-corrected chi connectivity index (χ2v) is 22.2. The summed E-state index contributed by atoms with van der Waals surface area (Å²) in [6.45, 7) is 6.58. The van der Waals surface area contributed by atoms with Crippen LogP contribution in [0.1, 0.15) is 0 Å². The van der Waals surface area contributed by atoms with Crippen molar-refractivity contribution in [1.82, 2.24) is 0 Å². The van der Waals surface area contributed by atoms with Crippen LogP contribution < -0.4 is 72.6 Å². The molecule has 0 heterocycles. The third-order valence-corrected chi connectivity index (χ3v) is 19.5. The Morgan fingerprint density at radius 2 is 0.530 bits per heavy atom. The van der Waals surface area contributed by atoms with Crippen molar-refractivity contribution in [2.75, 3.05) is 0 Å². The summed E-state index contributed by atoms with van der Waals surface area (Å²) in [6, 6.07) is 94.9. The van der Waals surface area contributed by atoms with E-state index < -0.39 is 29.2 Å². The SMILES string of the molecule is C#CC(O)C(=[CH-])[P+](c1ccccc1)(c1ccccc1)c1ccccc1.[Cl-].[Cl-].[Os+2].c1ccc(P(c2ccccc2)c2ccccc2)cc1.c1ccc(P(c2ccccc2)c2ccccc2)cc1. The first kappa shape index (κ1) is 53.4. The Labute approximate surface area is 420 Å². The summed E-state index contributed by atoms with van der Waals surface area (Å²) in [4.78, 5) is 0. The maximum Gasteiger partial charge on any atom is 2.00 e. The van der Waals surface area contributed by atoms with Gasteiger partial charge in [0.05, 0.1) is 0 Å². The van der Waals surface area contributed by atoms with Crippen LogP contribution in [0.15, 0.2) is 278 Å². The van der Waals surface area contributed by atoms with Gasteiger partial charge in [-0.1, -0.05) is 248 Å². The smallest absolute Gasteiger partial charge is 1.00 e. The standard InChI is InChI=1S/C23H19OP.2C18H15P.2ClH.Os/c1-3-23(24)19(2)25(20-13-7-4-8-14-20,21-15-9-5-10-16-21)22-17-11-6-12-18-22;2*1-4-10-16(11-5-1)19(17-12-6-2-7-13-17)18-14-8-3-9-15-18;;;/h1-2,4-18,23-24H;2*1-15H;2*1H;/q;;;;;+2/p-2. The summed E-state index contributed by atoms with van der Waals surface area (Å²) in [5.74, 6) is 2.40. The van der Waals surface area contributed by atoms with E-state index in [9.17, 15) is 5.11 Å². The van der Waals surface area contributed by atoms with E-state index in [1.165, 1.54) is 31.8 Å². The minimum Gasteiger partial charge on any atom is -1.00 e. The van der Waals surface area contributed by atoms with Crippen LogP contribution in [0.25, 0.3) is 0 Å². The molecule has 0 saturated heterocycles. The predicted octanol–water partition coefficient (Wildman–Crippen LogP) is 4.19. The van der Waals surface area contributed by atoms with E-state index in [0.29, 0.717) is 5.31 Å². The molecular formula is C59H49Cl2OOsP3. The van der Waals surface area contributed by atoms with Gasteiger partial charge in [-0.3, -0.25) is 0 Å². The number of aliphatic hydroxyl groups is 1. The normalized spacial score (nSPS) is 10.7. The van der Waals surface area contributed by atoms with Crippen molar-refractivity contribution in [3.05, 3.63) is 285 Å². The van der Waals surface area contributed by atoms with Gasteiger partial charge in [-0.25, -0.2) is 0 Å². The number of benzene rings is 9. The van der Waals surface area contributed by atoms with Crippen molar-refractivity contribution in [3.63, 3.8) is 0 Å². The van der Waals surface area contributed by atoms with Crippen LogP contribution in [-0.2, 0) is 19.8 Å². The monoisotopic (exact) mass is 1130 g/mol. The number of rotatable bonds is 11. The zero-order valence-corrected chi connectivity index (χ0v) is 42.8. The fourth-order valence-electron chi connectivity index (χ4n) is 7.47. The van der Waals surface area contributed by atoms with Crippen molar-refractivity contribution in [1.29, 1.82) is 0 Å². The minimum atomic E-state index is -2.42. The van der Waals surface area contributed by atoms with Crippen LogP contribution >= 0.6 is 23.1 Å². The van der Waals surface area contributed by atoms with E-state index >= 15 is 0 Å². The summed E-state index contributed by atoms with van der Waals surface area (Å²) in [7, 11) is -3.31. The van der Waals surface area contributed by atoms with Gasteiger partial charge in [0.25, 0.3) is 0 Å². The Morgan fingerprint density at radius 1 is 0.364 bits per heavy atom. The van der Waals surface area contributed by atoms with Crippen LogP contribution in [0, 0.1) is 18.9 Å². The zero-order valence-electron chi connectivity index (χ0n) is 36.1. The average molecular weight is 1130 g/mol. The van der Waals surface area contributed by atoms with E-state index in [2.05, 4.69) is 224 Å². The number of hydrogen-bond donors (Lipinski definition) is 1. The summed E-state index contributed by atoms with van der Waals surface area (Å²) in [5.41, 5.74) is 0. The molecule has 0 saturated carbocycles. The number of aliphatic hydroxyl groups excluding tert-OH is 1. The Morgan fingerprint density at radius 3 is 0.697 bits per heavy atom. The first-order valence-electron chi connectivity index (χ1n) is 20.8. The number of hydrogen-bond acceptors (Lipinski definition) is 1. The topological polar surface area (TPSA) is 20.2 Å². The number of halogens is 2. The van der Waals surface area contributed by atoms with Crippen molar-refractivity contribution in [2.24, 2.45) is 0 Å². The Balaban J connectivity index is 0.000000214. The molecule has 0 spiro atoms. The molecule has 1 unspecified atom stereocenters. The van der Waals surface area contributed by atoms with E-state index in [0.717, 1.165) is 15.9 Å². The molecule has 9 aromatic carbocycles. The van der Waals surface area contributed by atoms with Gasteiger partial charge < -0.3 is 36.5 Å². The third kappa shape index (κ3) is 13.4. The summed E-state index contributed by atoms with van der Waals surface area (Å²) >= 11 is 0. The van der Waals surface area contributed by atoms with Crippen molar-refractivity contribution in [2.45, 2.75) is 6.10 Å². The molecule has 66 heavy (non-hydrogen) atoms. The molecule has 0 aliphatic rings. The van der Waals surface area contributed by atoms with Crippen LogP contribution in [0.5, 0.6) is 0 Å². The molecule has 0 aliphatic carbocycles. The first-order valence-corrected chi connectivity index (χ1v) is 25.3. The molecule has 328 valence electrons. The van der Waals surface area contributed by atoms with Gasteiger partial charge in [0, 0.05) is 0 Å². The molecule has 0 bridgehead atoms. The predicted molar refractivity (Wildman–Crippen MR) is 278 cm³/mol. The van der Waals surface area contributed by atoms with Gasteiger partial charge in [-0.2, -0.15) is 0 Å². The fourth-order valence-corrected chi connectivity index (χ4v) is 16.2. The maximum absolute atomic E-state index is 10.5. The van der Waals surface area contributed by atoms with Gasteiger partial charge in [-0.05, 0) is 84.1 Å². The van der Waals surface area contributed by atoms with Crippen molar-refractivity contribution >= 4 is 70.8 Å². The van der Waals surface area contributed by atoms with Gasteiger partial charge in [-0.15, -0.1) is 6.42 Å². The molecule has 1 N–H and O–H groups in total. The van der Waals surface area contributed by atoms with Gasteiger partial charge in [0.15, 0.2) is 0 Å². The molecule has 0 aliphatic heterocycles. The molecule has 0 fully saturated rings. The summed E-state index contributed by atoms with van der Waals surface area (Å²) in [6.07, 6.45) is 4.40. The van der Waals surface area contributed by atoms with E-state index in [-0.39, 0.29) is 44.6 Å². The summed E-state index contributed by atoms with van der Waals surface area (Å²) < 4.78 is 0. The molecule has 9 aromatic rings. The Kier molecular flexibility index (Phi) is 22.7.